The zero-order chi connectivity index (χ0) is 12.1. The molecule has 0 aliphatic heterocycles. The van der Waals surface area contributed by atoms with E-state index in [4.69, 9.17) is 0 Å². The third-order valence-corrected chi connectivity index (χ3v) is 3.53. The summed E-state index contributed by atoms with van der Waals surface area (Å²) in [6.07, 6.45) is 6.99. The van der Waals surface area contributed by atoms with Crippen molar-refractivity contribution in [3.05, 3.63) is 12.4 Å². The van der Waals surface area contributed by atoms with Gasteiger partial charge in [0, 0.05) is 19.2 Å². The van der Waals surface area contributed by atoms with Crippen LogP contribution < -0.4 is 10.6 Å². The molecule has 1 aromatic heterocycles. The van der Waals surface area contributed by atoms with Crippen molar-refractivity contribution in [1.29, 1.82) is 0 Å². The molecule has 4 heteroatoms. The third-order valence-electron chi connectivity index (χ3n) is 3.53. The highest BCUT2D eigenvalue weighted by molar-refractivity contribution is 5.46. The molecule has 1 aliphatic rings. The molecule has 4 nitrogen and oxygen atoms in total. The molecule has 17 heavy (non-hydrogen) atoms. The summed E-state index contributed by atoms with van der Waals surface area (Å²) < 4.78 is 0. The van der Waals surface area contributed by atoms with Gasteiger partial charge in [0.05, 0.1) is 0 Å². The quantitative estimate of drug-likeness (QED) is 0.822. The van der Waals surface area contributed by atoms with E-state index in [9.17, 15) is 0 Å². The summed E-state index contributed by atoms with van der Waals surface area (Å²) in [5.41, 5.74) is 0.448. The predicted molar refractivity (Wildman–Crippen MR) is 71.3 cm³/mol. The Bertz CT molecular complexity index is 358. The highest BCUT2D eigenvalue weighted by atomic mass is 15.1. The van der Waals surface area contributed by atoms with Gasteiger partial charge in [-0.25, -0.2) is 9.97 Å². The molecular formula is C13H22N4. The van der Waals surface area contributed by atoms with Crippen molar-refractivity contribution in [1.82, 2.24) is 9.97 Å². The van der Waals surface area contributed by atoms with Gasteiger partial charge in [-0.3, -0.25) is 0 Å². The van der Waals surface area contributed by atoms with E-state index in [2.05, 4.69) is 34.4 Å². The standard InChI is InChI=1S/C13H22N4/c1-3-14-11-8-12(17-10-16-11)15-9-13(2)6-4-5-7-13/h8,10H,3-7,9H2,1-2H3,(H2,14,15,16,17). The first-order valence-corrected chi connectivity index (χ1v) is 6.52. The first-order chi connectivity index (χ1) is 8.22. The second-order valence-corrected chi connectivity index (χ2v) is 5.19. The molecule has 1 heterocycles. The second kappa shape index (κ2) is 5.34. The third kappa shape index (κ3) is 3.32. The summed E-state index contributed by atoms with van der Waals surface area (Å²) in [5, 5.41) is 6.63. The van der Waals surface area contributed by atoms with Gasteiger partial charge in [0.15, 0.2) is 0 Å². The Labute approximate surface area is 103 Å². The van der Waals surface area contributed by atoms with E-state index in [1.807, 2.05) is 6.07 Å². The van der Waals surface area contributed by atoms with E-state index < -0.39 is 0 Å². The fourth-order valence-electron chi connectivity index (χ4n) is 2.44. The molecule has 1 fully saturated rings. The van der Waals surface area contributed by atoms with E-state index in [-0.39, 0.29) is 0 Å². The minimum Gasteiger partial charge on any atom is -0.370 e. The van der Waals surface area contributed by atoms with Crippen LogP contribution in [0.5, 0.6) is 0 Å². The van der Waals surface area contributed by atoms with E-state index in [0.29, 0.717) is 5.41 Å². The van der Waals surface area contributed by atoms with Gasteiger partial charge >= 0.3 is 0 Å². The van der Waals surface area contributed by atoms with Crippen molar-refractivity contribution in [2.75, 3.05) is 23.7 Å². The molecule has 0 atom stereocenters. The average Bonchev–Trinajstić information content (AvgIpc) is 2.76. The van der Waals surface area contributed by atoms with Crippen LogP contribution in [-0.4, -0.2) is 23.1 Å². The van der Waals surface area contributed by atoms with Crippen LogP contribution in [0.15, 0.2) is 12.4 Å². The minimum atomic E-state index is 0.448. The summed E-state index contributed by atoms with van der Waals surface area (Å²) in [5.74, 6) is 1.81. The minimum absolute atomic E-state index is 0.448. The zero-order valence-corrected chi connectivity index (χ0v) is 10.8. The Balaban J connectivity index is 1.91. The van der Waals surface area contributed by atoms with Crippen molar-refractivity contribution in [2.24, 2.45) is 5.41 Å². The zero-order valence-electron chi connectivity index (χ0n) is 10.8. The molecule has 1 saturated carbocycles. The highest BCUT2D eigenvalue weighted by Crippen LogP contribution is 2.37. The Hall–Kier alpha value is -1.32. The Kier molecular flexibility index (Phi) is 3.82. The van der Waals surface area contributed by atoms with Crippen LogP contribution in [0.2, 0.25) is 0 Å². The molecule has 0 bridgehead atoms. The van der Waals surface area contributed by atoms with E-state index in [1.54, 1.807) is 6.33 Å². The molecule has 94 valence electrons. The first kappa shape index (κ1) is 12.1. The molecule has 0 amide bonds. The number of nitrogens with one attached hydrogen (secondary N) is 2. The van der Waals surface area contributed by atoms with Gasteiger partial charge in [0.1, 0.15) is 18.0 Å². The SMILES string of the molecule is CCNc1cc(NCC2(C)CCCC2)ncn1. The molecule has 0 unspecified atom stereocenters. The molecule has 0 saturated heterocycles. The van der Waals surface area contributed by atoms with Gasteiger partial charge in [-0.05, 0) is 25.2 Å². The summed E-state index contributed by atoms with van der Waals surface area (Å²) in [6, 6.07) is 1.97. The summed E-state index contributed by atoms with van der Waals surface area (Å²) in [4.78, 5) is 8.42. The summed E-state index contributed by atoms with van der Waals surface area (Å²) in [7, 11) is 0. The van der Waals surface area contributed by atoms with Crippen molar-refractivity contribution in [3.63, 3.8) is 0 Å². The molecule has 1 aliphatic carbocycles. The van der Waals surface area contributed by atoms with Gasteiger partial charge in [-0.15, -0.1) is 0 Å². The van der Waals surface area contributed by atoms with Crippen LogP contribution in [0.1, 0.15) is 39.5 Å². The molecule has 0 aromatic carbocycles. The maximum atomic E-state index is 4.25. The first-order valence-electron chi connectivity index (χ1n) is 6.52. The maximum absolute atomic E-state index is 4.25. The lowest BCUT2D eigenvalue weighted by Gasteiger charge is -2.24. The highest BCUT2D eigenvalue weighted by Gasteiger charge is 2.28. The average molecular weight is 234 g/mol. The van der Waals surface area contributed by atoms with Crippen LogP contribution in [0, 0.1) is 5.41 Å². The van der Waals surface area contributed by atoms with Gasteiger partial charge < -0.3 is 10.6 Å². The molecular weight excluding hydrogens is 212 g/mol. The van der Waals surface area contributed by atoms with Crippen LogP contribution in [-0.2, 0) is 0 Å². The van der Waals surface area contributed by atoms with Crippen molar-refractivity contribution in [2.45, 2.75) is 39.5 Å². The molecule has 2 rings (SSSR count). The van der Waals surface area contributed by atoms with Crippen LogP contribution in [0.4, 0.5) is 11.6 Å². The number of hydrogen-bond acceptors (Lipinski definition) is 4. The number of aromatic nitrogens is 2. The Morgan fingerprint density at radius 1 is 1.18 bits per heavy atom. The topological polar surface area (TPSA) is 49.8 Å². The molecule has 1 aromatic rings. The predicted octanol–water partition coefficient (Wildman–Crippen LogP) is 2.90. The lowest BCUT2D eigenvalue weighted by molar-refractivity contribution is 0.361. The van der Waals surface area contributed by atoms with Gasteiger partial charge in [0.25, 0.3) is 0 Å². The summed E-state index contributed by atoms with van der Waals surface area (Å²) >= 11 is 0. The van der Waals surface area contributed by atoms with E-state index in [0.717, 1.165) is 24.7 Å². The number of rotatable bonds is 5. The molecule has 2 N–H and O–H groups in total. The van der Waals surface area contributed by atoms with E-state index >= 15 is 0 Å². The normalized spacial score (nSPS) is 18.0. The van der Waals surface area contributed by atoms with E-state index in [1.165, 1.54) is 25.7 Å². The van der Waals surface area contributed by atoms with Crippen LogP contribution in [0.3, 0.4) is 0 Å². The smallest absolute Gasteiger partial charge is 0.131 e. The van der Waals surface area contributed by atoms with Crippen molar-refractivity contribution < 1.29 is 0 Å². The van der Waals surface area contributed by atoms with Gasteiger partial charge in [-0.1, -0.05) is 19.8 Å². The number of hydrogen-bond donors (Lipinski definition) is 2. The van der Waals surface area contributed by atoms with Crippen molar-refractivity contribution >= 4 is 11.6 Å². The monoisotopic (exact) mass is 234 g/mol. The number of nitrogens with zero attached hydrogens (tertiary/aromatic N) is 2. The molecule has 0 radical (unpaired) electrons. The van der Waals surface area contributed by atoms with Crippen LogP contribution in [0.25, 0.3) is 0 Å². The Morgan fingerprint density at radius 2 is 1.82 bits per heavy atom. The lowest BCUT2D eigenvalue weighted by atomic mass is 9.89. The van der Waals surface area contributed by atoms with Gasteiger partial charge in [-0.2, -0.15) is 0 Å². The lowest BCUT2D eigenvalue weighted by Crippen LogP contribution is -2.23. The Morgan fingerprint density at radius 3 is 2.47 bits per heavy atom. The second-order valence-electron chi connectivity index (χ2n) is 5.19. The van der Waals surface area contributed by atoms with Crippen molar-refractivity contribution in [3.8, 4) is 0 Å². The van der Waals surface area contributed by atoms with Crippen LogP contribution >= 0.6 is 0 Å². The maximum Gasteiger partial charge on any atom is 0.131 e. The summed E-state index contributed by atoms with van der Waals surface area (Å²) in [6.45, 7) is 6.32. The fraction of sp³-hybridized carbons (Fsp3) is 0.692. The fourth-order valence-corrected chi connectivity index (χ4v) is 2.44. The number of anilines is 2. The largest absolute Gasteiger partial charge is 0.370 e. The molecule has 0 spiro atoms. The van der Waals surface area contributed by atoms with Gasteiger partial charge in [0.2, 0.25) is 0 Å².